The summed E-state index contributed by atoms with van der Waals surface area (Å²) in [5, 5.41) is 0. The van der Waals surface area contributed by atoms with E-state index in [-0.39, 0.29) is 58.1 Å². The summed E-state index contributed by atoms with van der Waals surface area (Å²) < 4.78 is 103. The largest absolute Gasteiger partial charge is 0.379 e. The Balaban J connectivity index is 10.3. The fourth-order valence-electron chi connectivity index (χ4n) is 6.85. The molecule has 0 amide bonds. The molecular formula is C51H103FO13. The predicted molar refractivity (Wildman–Crippen MR) is 256 cm³/mol. The first-order chi connectivity index (χ1) is 30.1. The lowest BCUT2D eigenvalue weighted by Crippen LogP contribution is -2.86. The number of hydrogen-bond acceptors (Lipinski definition) is 13. The van der Waals surface area contributed by atoms with Gasteiger partial charge in [-0.05, 0) is 123 Å². The summed E-state index contributed by atoms with van der Waals surface area (Å²) in [6.07, 6.45) is 2.38. The molecule has 0 spiro atoms. The molecule has 0 fully saturated rings. The highest BCUT2D eigenvalue weighted by Crippen LogP contribution is 2.57. The third-order valence-corrected chi connectivity index (χ3v) is 10.4. The second-order valence-electron chi connectivity index (χ2n) is 21.3. The average Bonchev–Trinajstić information content (AvgIpc) is 3.20. The molecule has 0 aliphatic rings. The first-order valence-corrected chi connectivity index (χ1v) is 25.2. The van der Waals surface area contributed by atoms with Crippen molar-refractivity contribution in [1.82, 2.24) is 0 Å². The summed E-state index contributed by atoms with van der Waals surface area (Å²) in [5.74, 6) is -12.8. The Bertz CT molecular complexity index is 1230. The van der Waals surface area contributed by atoms with E-state index in [0.717, 1.165) is 12.8 Å². The molecule has 65 heavy (non-hydrogen) atoms. The predicted octanol–water partition coefficient (Wildman–Crippen LogP) is 12.8. The van der Waals surface area contributed by atoms with Gasteiger partial charge in [0.25, 0.3) is 11.6 Å². The van der Waals surface area contributed by atoms with Crippen LogP contribution in [0.4, 0.5) is 4.53 Å². The van der Waals surface area contributed by atoms with E-state index < -0.39 is 64.2 Å². The number of unbranched alkanes of at least 4 members (excludes halogenated alkanes) is 3. The van der Waals surface area contributed by atoms with E-state index in [2.05, 4.69) is 41.5 Å². The van der Waals surface area contributed by atoms with Gasteiger partial charge in [-0.2, -0.15) is 0 Å². The second-order valence-corrected chi connectivity index (χ2v) is 21.3. The summed E-state index contributed by atoms with van der Waals surface area (Å²) in [6, 6.07) is 0. The second kappa shape index (κ2) is 29.6. The van der Waals surface area contributed by atoms with Crippen LogP contribution >= 0.6 is 0 Å². The van der Waals surface area contributed by atoms with Gasteiger partial charge in [0.15, 0.2) is 6.10 Å². The maximum Gasteiger partial charge on any atom is 0.379 e. The first-order valence-electron chi connectivity index (χ1n) is 25.2. The van der Waals surface area contributed by atoms with Crippen molar-refractivity contribution in [2.45, 2.75) is 262 Å². The van der Waals surface area contributed by atoms with E-state index in [4.69, 9.17) is 61.8 Å². The lowest BCUT2D eigenvalue weighted by Gasteiger charge is -2.62. The Morgan fingerprint density at radius 3 is 1.62 bits per heavy atom. The molecule has 0 heterocycles. The molecule has 0 aliphatic heterocycles. The molecule has 0 aromatic carbocycles. The molecule has 0 saturated heterocycles. The number of hydrogen-bond donors (Lipinski definition) is 0. The Morgan fingerprint density at radius 1 is 0.554 bits per heavy atom. The SMILES string of the molecule is CCCCCOC(OF)(OC(C)(C)C)C(OCC(C)C)(OC(C)CC)C(OCCCC)(OC(C)C)C(OCC)(OCCC)C(OC)C(OCCC(C)C)(OCC(C)(C)C)OC(C)(C)CC. The summed E-state index contributed by atoms with van der Waals surface area (Å²) >= 11 is 0. The summed E-state index contributed by atoms with van der Waals surface area (Å²) in [7, 11) is 1.50. The van der Waals surface area contributed by atoms with E-state index in [0.29, 0.717) is 44.9 Å². The molecule has 0 saturated carbocycles. The highest BCUT2D eigenvalue weighted by atomic mass is 19.3. The molecule has 0 aromatic heterocycles. The molecule has 392 valence electrons. The molecule has 0 radical (unpaired) electrons. The average molecular weight is 943 g/mol. The molecule has 0 rings (SSSR count). The van der Waals surface area contributed by atoms with Crippen molar-refractivity contribution in [1.29, 1.82) is 0 Å². The van der Waals surface area contributed by atoms with Crippen LogP contribution in [0.5, 0.6) is 0 Å². The van der Waals surface area contributed by atoms with Gasteiger partial charge in [-0.1, -0.05) is 102 Å². The van der Waals surface area contributed by atoms with Gasteiger partial charge in [0.05, 0.1) is 63.1 Å². The fourth-order valence-corrected chi connectivity index (χ4v) is 6.85. The van der Waals surface area contributed by atoms with Crippen LogP contribution in [0.15, 0.2) is 0 Å². The zero-order chi connectivity index (χ0) is 50.4. The van der Waals surface area contributed by atoms with Crippen molar-refractivity contribution in [3.05, 3.63) is 0 Å². The smallest absolute Gasteiger partial charge is 0.368 e. The molecule has 13 nitrogen and oxygen atoms in total. The van der Waals surface area contributed by atoms with Crippen molar-refractivity contribution >= 4 is 0 Å². The third-order valence-electron chi connectivity index (χ3n) is 10.4. The number of rotatable bonds is 39. The number of halogens is 1. The zero-order valence-corrected chi connectivity index (χ0v) is 45.9. The van der Waals surface area contributed by atoms with Crippen molar-refractivity contribution in [3.8, 4) is 0 Å². The van der Waals surface area contributed by atoms with Crippen LogP contribution in [0.3, 0.4) is 0 Å². The lowest BCUT2D eigenvalue weighted by atomic mass is 9.85. The van der Waals surface area contributed by atoms with Gasteiger partial charge in [-0.25, -0.2) is 0 Å². The molecule has 14 heteroatoms. The highest BCUT2D eigenvalue weighted by Gasteiger charge is 2.85. The van der Waals surface area contributed by atoms with E-state index in [1.807, 2.05) is 83.1 Å². The van der Waals surface area contributed by atoms with Crippen LogP contribution in [0.1, 0.15) is 203 Å². The van der Waals surface area contributed by atoms with Gasteiger partial charge in [-0.3, -0.25) is 0 Å². The summed E-state index contributed by atoms with van der Waals surface area (Å²) in [6.45, 7) is 41.1. The van der Waals surface area contributed by atoms with Crippen molar-refractivity contribution < 1.29 is 66.3 Å². The quantitative estimate of drug-likeness (QED) is 0.0430. The van der Waals surface area contributed by atoms with Crippen LogP contribution in [-0.4, -0.2) is 112 Å². The summed E-state index contributed by atoms with van der Waals surface area (Å²) in [5.41, 5.74) is -2.50. The van der Waals surface area contributed by atoms with E-state index in [1.165, 1.54) is 7.11 Å². The van der Waals surface area contributed by atoms with E-state index in [9.17, 15) is 0 Å². The minimum atomic E-state index is -2.91. The van der Waals surface area contributed by atoms with Crippen LogP contribution in [0.2, 0.25) is 0 Å². The van der Waals surface area contributed by atoms with Gasteiger partial charge >= 0.3 is 17.7 Å². The molecule has 0 bridgehead atoms. The number of methoxy groups -OCH3 is 1. The van der Waals surface area contributed by atoms with Gasteiger partial charge in [0.2, 0.25) is 0 Å². The first kappa shape index (κ1) is 64.4. The minimum Gasteiger partial charge on any atom is -0.368 e. The zero-order valence-electron chi connectivity index (χ0n) is 45.9. The van der Waals surface area contributed by atoms with Crippen molar-refractivity contribution in [3.63, 3.8) is 0 Å². The Hall–Kier alpha value is -0.590. The van der Waals surface area contributed by atoms with Gasteiger partial charge in [0.1, 0.15) is 0 Å². The van der Waals surface area contributed by atoms with E-state index >= 15 is 4.53 Å². The van der Waals surface area contributed by atoms with Crippen LogP contribution in [-0.2, 0) is 61.8 Å². The number of ether oxygens (including phenoxy) is 12. The molecule has 0 N–H and O–H groups in total. The molecule has 0 aromatic rings. The maximum atomic E-state index is 17.1. The Morgan fingerprint density at radius 2 is 1.17 bits per heavy atom. The Kier molecular flexibility index (Phi) is 29.3. The molecule has 0 aliphatic carbocycles. The molecular weight excluding hydrogens is 840 g/mol. The lowest BCUT2D eigenvalue weighted by molar-refractivity contribution is -0.626. The molecule has 7 unspecified atom stereocenters. The standard InChI is InChI=1S/C51H103FO13/c1-23-29-31-35-58-51(65-52,63-45(17,18)19)50(59-37-40(9)10,62-42(13)26-4)49(61-41(11)12,57-34-30-24-2)47(54-28-6,55-33-25-3)43(53-22)48(56-36-32-39(7)8,60-38-44(14,15)16)64-46(20,21)27-5/h39-43H,23-38H2,1-22H3. The summed E-state index contributed by atoms with van der Waals surface area (Å²) in [4.78, 5) is 5.29. The van der Waals surface area contributed by atoms with Crippen LogP contribution in [0, 0.1) is 17.3 Å². The van der Waals surface area contributed by atoms with Crippen LogP contribution in [0.25, 0.3) is 0 Å². The van der Waals surface area contributed by atoms with Gasteiger partial charge in [0, 0.05) is 13.7 Å². The Labute approximate surface area is 398 Å². The van der Waals surface area contributed by atoms with Gasteiger partial charge in [-0.15, -0.1) is 4.94 Å². The monoisotopic (exact) mass is 943 g/mol. The minimum absolute atomic E-state index is 0.000296. The van der Waals surface area contributed by atoms with E-state index in [1.54, 1.807) is 20.8 Å². The molecule has 7 atom stereocenters. The van der Waals surface area contributed by atoms with Crippen LogP contribution < -0.4 is 0 Å². The highest BCUT2D eigenvalue weighted by molar-refractivity contribution is 5.13. The van der Waals surface area contributed by atoms with Crippen molar-refractivity contribution in [2.24, 2.45) is 17.3 Å². The fraction of sp³-hybridized carbons (Fsp3) is 1.00. The van der Waals surface area contributed by atoms with Crippen molar-refractivity contribution in [2.75, 3.05) is 53.4 Å². The van der Waals surface area contributed by atoms with Gasteiger partial charge < -0.3 is 56.8 Å². The topological polar surface area (TPSA) is 120 Å². The third kappa shape index (κ3) is 18.9. The normalized spacial score (nSPS) is 18.9. The maximum absolute atomic E-state index is 17.1.